The summed E-state index contributed by atoms with van der Waals surface area (Å²) in [5.41, 5.74) is -0.556. The van der Waals surface area contributed by atoms with Gasteiger partial charge in [-0.2, -0.15) is 0 Å². The molecule has 6 nitrogen and oxygen atoms in total. The number of hydrogen-bond donors (Lipinski definition) is 1. The van der Waals surface area contributed by atoms with Crippen LogP contribution in [0, 0.1) is 0 Å². The summed E-state index contributed by atoms with van der Waals surface area (Å²) in [4.78, 5) is 26.0. The number of likely N-dealkylation sites (N-methyl/N-ethyl adjacent to an activating group) is 1. The zero-order valence-corrected chi connectivity index (χ0v) is 10.8. The Hall–Kier alpha value is -0.703. The molecule has 1 fully saturated rings. The van der Waals surface area contributed by atoms with E-state index in [1.54, 1.807) is 32.7 Å². The van der Waals surface area contributed by atoms with Crippen molar-refractivity contribution >= 4 is 30.9 Å². The van der Waals surface area contributed by atoms with Crippen LogP contribution in [-0.2, 0) is 9.53 Å². The van der Waals surface area contributed by atoms with Crippen LogP contribution in [0.4, 0.5) is 4.79 Å². The van der Waals surface area contributed by atoms with Gasteiger partial charge >= 0.3 is 30.9 Å². The Morgan fingerprint density at radius 1 is 1.28 bits per heavy atom. The van der Waals surface area contributed by atoms with Gasteiger partial charge in [-0.25, -0.2) is 4.79 Å². The Labute approximate surface area is 119 Å². The third-order valence-electron chi connectivity index (χ3n) is 2.58. The monoisotopic (exact) mass is 252 g/mol. The van der Waals surface area contributed by atoms with Gasteiger partial charge in [0.1, 0.15) is 11.6 Å². The van der Waals surface area contributed by atoms with E-state index >= 15 is 0 Å². The second-order valence-corrected chi connectivity index (χ2v) is 5.26. The van der Waals surface area contributed by atoms with E-state index in [9.17, 15) is 9.59 Å². The molecule has 1 aliphatic rings. The standard InChI is InChI=1S/C11H20N2O4.Li.H/c1-11(2,3)17-10(16)13-6-5-12(4)8(7-13)9(14)15;;/h8H,5-7H2,1-4H3,(H,14,15);;/t8-;;/m1../s1. The summed E-state index contributed by atoms with van der Waals surface area (Å²) in [7, 11) is 1.74. The van der Waals surface area contributed by atoms with Gasteiger partial charge < -0.3 is 14.7 Å². The van der Waals surface area contributed by atoms with Crippen LogP contribution in [0.3, 0.4) is 0 Å². The molecular formula is C11H21LiN2O4. The van der Waals surface area contributed by atoms with Crippen LogP contribution in [0.15, 0.2) is 0 Å². The fourth-order valence-corrected chi connectivity index (χ4v) is 1.63. The normalized spacial score (nSPS) is 21.1. The Balaban J connectivity index is 0.00000289. The summed E-state index contributed by atoms with van der Waals surface area (Å²) in [6.07, 6.45) is -0.447. The number of piperazine rings is 1. The van der Waals surface area contributed by atoms with Gasteiger partial charge in [0.2, 0.25) is 0 Å². The van der Waals surface area contributed by atoms with Crippen LogP contribution in [-0.4, -0.2) is 84.2 Å². The van der Waals surface area contributed by atoms with Crippen molar-refractivity contribution in [2.24, 2.45) is 0 Å². The first-order valence-electron chi connectivity index (χ1n) is 5.61. The first-order valence-corrected chi connectivity index (χ1v) is 5.61. The minimum absolute atomic E-state index is 0. The van der Waals surface area contributed by atoms with Crippen LogP contribution < -0.4 is 0 Å². The first kappa shape index (κ1) is 17.3. The summed E-state index contributed by atoms with van der Waals surface area (Å²) in [5.74, 6) is -0.916. The number of rotatable bonds is 1. The molecule has 7 heteroatoms. The minimum atomic E-state index is -0.916. The fourth-order valence-electron chi connectivity index (χ4n) is 1.63. The molecule has 1 heterocycles. The number of amides is 1. The zero-order chi connectivity index (χ0) is 13.2. The molecule has 0 aromatic carbocycles. The van der Waals surface area contributed by atoms with E-state index in [-0.39, 0.29) is 25.4 Å². The van der Waals surface area contributed by atoms with Crippen LogP contribution in [0.2, 0.25) is 0 Å². The van der Waals surface area contributed by atoms with Crippen molar-refractivity contribution in [2.45, 2.75) is 32.4 Å². The fraction of sp³-hybridized carbons (Fsp3) is 0.818. The van der Waals surface area contributed by atoms with Crippen molar-refractivity contribution in [3.63, 3.8) is 0 Å². The van der Waals surface area contributed by atoms with Gasteiger partial charge in [-0.05, 0) is 27.8 Å². The van der Waals surface area contributed by atoms with Crippen molar-refractivity contribution in [1.29, 1.82) is 0 Å². The van der Waals surface area contributed by atoms with Gasteiger partial charge in [0.25, 0.3) is 0 Å². The van der Waals surface area contributed by atoms with E-state index in [1.165, 1.54) is 4.90 Å². The van der Waals surface area contributed by atoms with Crippen LogP contribution >= 0.6 is 0 Å². The number of carboxylic acids is 1. The van der Waals surface area contributed by atoms with Crippen LogP contribution in [0.1, 0.15) is 20.8 Å². The second-order valence-electron chi connectivity index (χ2n) is 5.26. The van der Waals surface area contributed by atoms with Crippen molar-refractivity contribution in [2.75, 3.05) is 26.7 Å². The maximum atomic E-state index is 11.8. The van der Waals surface area contributed by atoms with E-state index in [4.69, 9.17) is 9.84 Å². The van der Waals surface area contributed by atoms with Gasteiger partial charge in [-0.3, -0.25) is 9.69 Å². The van der Waals surface area contributed by atoms with Crippen LogP contribution in [0.25, 0.3) is 0 Å². The van der Waals surface area contributed by atoms with Crippen molar-refractivity contribution in [3.8, 4) is 0 Å². The van der Waals surface area contributed by atoms with Gasteiger partial charge in [0, 0.05) is 13.1 Å². The Kier molecular flexibility index (Phi) is 6.21. The number of aliphatic carboxylic acids is 1. The average Bonchev–Trinajstić information content (AvgIpc) is 2.14. The van der Waals surface area contributed by atoms with E-state index in [1.807, 2.05) is 0 Å². The number of nitrogens with zero attached hydrogens (tertiary/aromatic N) is 2. The van der Waals surface area contributed by atoms with Crippen molar-refractivity contribution in [3.05, 3.63) is 0 Å². The molecule has 1 atom stereocenters. The molecule has 1 aliphatic heterocycles. The molecule has 1 amide bonds. The van der Waals surface area contributed by atoms with E-state index in [0.717, 1.165) is 0 Å². The Morgan fingerprint density at radius 3 is 2.28 bits per heavy atom. The van der Waals surface area contributed by atoms with E-state index in [2.05, 4.69) is 0 Å². The van der Waals surface area contributed by atoms with Gasteiger partial charge in [0.05, 0.1) is 6.54 Å². The number of carboxylic acid groups (broad SMARTS) is 1. The van der Waals surface area contributed by atoms with E-state index in [0.29, 0.717) is 13.1 Å². The summed E-state index contributed by atoms with van der Waals surface area (Å²) < 4.78 is 5.22. The topological polar surface area (TPSA) is 70.1 Å². The quantitative estimate of drug-likeness (QED) is 0.664. The molecule has 18 heavy (non-hydrogen) atoms. The molecule has 0 aliphatic carbocycles. The third kappa shape index (κ3) is 4.89. The van der Waals surface area contributed by atoms with Crippen molar-refractivity contribution in [1.82, 2.24) is 9.80 Å². The molecule has 100 valence electrons. The summed E-state index contributed by atoms with van der Waals surface area (Å²) in [5, 5.41) is 9.02. The predicted molar refractivity (Wildman–Crippen MR) is 69.0 cm³/mol. The SMILES string of the molecule is CN1CCN(C(=O)OC(C)(C)C)C[C@@H]1C(=O)O.[LiH]. The Bertz CT molecular complexity index is 317. The molecule has 1 N–H and O–H groups in total. The van der Waals surface area contributed by atoms with Crippen molar-refractivity contribution < 1.29 is 19.4 Å². The van der Waals surface area contributed by atoms with Gasteiger partial charge in [0.15, 0.2) is 0 Å². The zero-order valence-electron chi connectivity index (χ0n) is 10.8. The van der Waals surface area contributed by atoms with E-state index < -0.39 is 23.7 Å². The summed E-state index contributed by atoms with van der Waals surface area (Å²) in [6.45, 7) is 6.56. The number of ether oxygens (including phenoxy) is 1. The number of hydrogen-bond acceptors (Lipinski definition) is 4. The third-order valence-corrected chi connectivity index (χ3v) is 2.58. The summed E-state index contributed by atoms with van der Waals surface area (Å²) in [6, 6.07) is -0.656. The van der Waals surface area contributed by atoms with Gasteiger partial charge in [-0.15, -0.1) is 0 Å². The molecule has 0 aromatic heterocycles. The molecule has 0 saturated carbocycles. The number of carbonyl (C=O) groups is 2. The number of carbonyl (C=O) groups excluding carboxylic acids is 1. The predicted octanol–water partition coefficient (Wildman–Crippen LogP) is -0.0264. The average molecular weight is 252 g/mol. The molecule has 0 bridgehead atoms. The second kappa shape index (κ2) is 6.46. The molecule has 0 radical (unpaired) electrons. The molecule has 0 unspecified atom stereocenters. The first-order chi connectivity index (χ1) is 7.70. The molecule has 1 saturated heterocycles. The van der Waals surface area contributed by atoms with Crippen LogP contribution in [0.5, 0.6) is 0 Å². The molecular weight excluding hydrogens is 231 g/mol. The van der Waals surface area contributed by atoms with Gasteiger partial charge in [-0.1, -0.05) is 0 Å². The molecule has 0 spiro atoms. The maximum absolute atomic E-state index is 11.8. The Morgan fingerprint density at radius 2 is 1.83 bits per heavy atom. The molecule has 0 aromatic rings. The molecule has 1 rings (SSSR count). The summed E-state index contributed by atoms with van der Waals surface area (Å²) >= 11 is 0.